The van der Waals surface area contributed by atoms with Gasteiger partial charge in [-0.1, -0.05) is 5.21 Å². The summed E-state index contributed by atoms with van der Waals surface area (Å²) in [6.45, 7) is 4.27. The van der Waals surface area contributed by atoms with Crippen molar-refractivity contribution in [2.45, 2.75) is 50.7 Å². The number of piperidine rings is 1. The Morgan fingerprint density at radius 2 is 2.06 bits per heavy atom. The summed E-state index contributed by atoms with van der Waals surface area (Å²) in [6, 6.07) is 7.89. The minimum absolute atomic E-state index is 0.169. The quantitative estimate of drug-likeness (QED) is 0.434. The van der Waals surface area contributed by atoms with Crippen LogP contribution in [0.1, 0.15) is 60.9 Å². The smallest absolute Gasteiger partial charge is 0.141 e. The largest absolute Gasteiger partial charge is 0.490 e. The topological polar surface area (TPSA) is 89.5 Å². The second-order valence-corrected chi connectivity index (χ2v) is 10.2. The van der Waals surface area contributed by atoms with Crippen molar-refractivity contribution in [1.29, 1.82) is 0 Å². The molecule has 172 valence electrons. The van der Waals surface area contributed by atoms with Crippen molar-refractivity contribution in [2.24, 2.45) is 5.92 Å². The predicted molar refractivity (Wildman–Crippen MR) is 126 cm³/mol. The zero-order valence-corrected chi connectivity index (χ0v) is 19.4. The summed E-state index contributed by atoms with van der Waals surface area (Å²) < 4.78 is 9.86. The second-order valence-electron chi connectivity index (χ2n) is 9.14. The lowest BCUT2D eigenvalue weighted by Gasteiger charge is -2.28. The van der Waals surface area contributed by atoms with Gasteiger partial charge >= 0.3 is 0 Å². The van der Waals surface area contributed by atoms with Gasteiger partial charge in [0.25, 0.3) is 0 Å². The summed E-state index contributed by atoms with van der Waals surface area (Å²) in [6.07, 6.45) is 9.50. The maximum atomic E-state index is 11.2. The standard InChI is InChI=1S/C24H28N6O2S/c1-15(17-3-2-10-25-11-17)32-19-8-6-18(7-9-19)30-13-20(27-28-30)23(31)22-24(16-4-5-16)33-21-12-26-14-29(21)22/h6-9,12-17,23,25,31H,2-5,10-11H2,1H3. The van der Waals surface area contributed by atoms with Gasteiger partial charge in [-0.25, -0.2) is 9.67 Å². The van der Waals surface area contributed by atoms with E-state index in [4.69, 9.17) is 4.74 Å². The number of aromatic nitrogens is 5. The SMILES string of the molecule is CC(Oc1ccc(-n2cc(C(O)c3c(C4CC4)sc4cncn34)nn2)cc1)C1CCCNC1. The van der Waals surface area contributed by atoms with Crippen LogP contribution in [0.25, 0.3) is 10.5 Å². The average Bonchev–Trinajstić information content (AvgIpc) is 3.23. The third kappa shape index (κ3) is 4.05. The van der Waals surface area contributed by atoms with Crippen molar-refractivity contribution in [1.82, 2.24) is 29.7 Å². The van der Waals surface area contributed by atoms with E-state index in [-0.39, 0.29) is 6.10 Å². The van der Waals surface area contributed by atoms with E-state index in [1.165, 1.54) is 30.6 Å². The van der Waals surface area contributed by atoms with E-state index in [9.17, 15) is 5.11 Å². The molecule has 8 nitrogen and oxygen atoms in total. The molecule has 1 aromatic carbocycles. The summed E-state index contributed by atoms with van der Waals surface area (Å²) in [7, 11) is 0. The van der Waals surface area contributed by atoms with Crippen LogP contribution in [0.2, 0.25) is 0 Å². The molecule has 1 saturated carbocycles. The molecule has 9 heteroatoms. The number of rotatable bonds is 7. The molecule has 0 bridgehead atoms. The highest BCUT2D eigenvalue weighted by atomic mass is 32.1. The number of fused-ring (bicyclic) bond motifs is 1. The van der Waals surface area contributed by atoms with Crippen LogP contribution in [0.5, 0.6) is 5.75 Å². The minimum Gasteiger partial charge on any atom is -0.490 e. The van der Waals surface area contributed by atoms with Crippen LogP contribution in [-0.4, -0.2) is 48.7 Å². The summed E-state index contributed by atoms with van der Waals surface area (Å²) in [5, 5.41) is 23.2. The van der Waals surface area contributed by atoms with Crippen LogP contribution < -0.4 is 10.1 Å². The number of hydrogen-bond donors (Lipinski definition) is 2. The van der Waals surface area contributed by atoms with Gasteiger partial charge in [-0.05, 0) is 69.3 Å². The van der Waals surface area contributed by atoms with E-state index in [1.807, 2.05) is 34.9 Å². The van der Waals surface area contributed by atoms with Crippen molar-refractivity contribution in [3.63, 3.8) is 0 Å². The van der Waals surface area contributed by atoms with Gasteiger partial charge in [-0.2, -0.15) is 0 Å². The number of ether oxygens (including phenoxy) is 1. The number of nitrogens with one attached hydrogen (secondary N) is 1. The Morgan fingerprint density at radius 1 is 1.21 bits per heavy atom. The Morgan fingerprint density at radius 3 is 2.82 bits per heavy atom. The highest BCUT2D eigenvalue weighted by Gasteiger charge is 2.33. The molecular weight excluding hydrogens is 436 g/mol. The van der Waals surface area contributed by atoms with E-state index < -0.39 is 6.10 Å². The highest BCUT2D eigenvalue weighted by molar-refractivity contribution is 7.17. The maximum absolute atomic E-state index is 11.2. The first-order chi connectivity index (χ1) is 16.2. The molecule has 3 atom stereocenters. The molecule has 6 rings (SSSR count). The van der Waals surface area contributed by atoms with E-state index in [0.717, 1.165) is 35.1 Å². The van der Waals surface area contributed by atoms with Crippen LogP contribution in [0, 0.1) is 5.92 Å². The minimum atomic E-state index is -0.843. The number of aliphatic hydroxyl groups is 1. The molecule has 2 fully saturated rings. The lowest BCUT2D eigenvalue weighted by Crippen LogP contribution is -2.37. The van der Waals surface area contributed by atoms with E-state index in [1.54, 1.807) is 28.5 Å². The van der Waals surface area contributed by atoms with Crippen molar-refractivity contribution >= 4 is 16.2 Å². The molecule has 1 aliphatic carbocycles. The first kappa shape index (κ1) is 20.8. The molecule has 33 heavy (non-hydrogen) atoms. The zero-order chi connectivity index (χ0) is 22.4. The number of hydrogen-bond acceptors (Lipinski definition) is 7. The lowest BCUT2D eigenvalue weighted by atomic mass is 9.95. The molecule has 1 aliphatic heterocycles. The first-order valence-electron chi connectivity index (χ1n) is 11.7. The number of imidazole rings is 1. The van der Waals surface area contributed by atoms with Crippen molar-refractivity contribution in [2.75, 3.05) is 13.1 Å². The predicted octanol–water partition coefficient (Wildman–Crippen LogP) is 3.70. The van der Waals surface area contributed by atoms with Gasteiger partial charge in [0.15, 0.2) is 0 Å². The second kappa shape index (κ2) is 8.55. The van der Waals surface area contributed by atoms with E-state index in [2.05, 4.69) is 27.5 Å². The van der Waals surface area contributed by atoms with Crippen LogP contribution >= 0.6 is 11.3 Å². The Labute approximate surface area is 196 Å². The van der Waals surface area contributed by atoms with Gasteiger partial charge in [0, 0.05) is 17.3 Å². The number of nitrogens with zero attached hydrogens (tertiary/aromatic N) is 5. The molecule has 3 unspecified atom stereocenters. The van der Waals surface area contributed by atoms with Crippen molar-refractivity contribution in [3.05, 3.63) is 59.3 Å². The molecule has 4 aromatic rings. The molecule has 0 spiro atoms. The van der Waals surface area contributed by atoms with Crippen LogP contribution in [0.15, 0.2) is 43.0 Å². The van der Waals surface area contributed by atoms with Crippen LogP contribution in [0.3, 0.4) is 0 Å². The number of benzene rings is 1. The van der Waals surface area contributed by atoms with Gasteiger partial charge in [-0.15, -0.1) is 16.4 Å². The fourth-order valence-corrected chi connectivity index (χ4v) is 5.96. The number of aliphatic hydroxyl groups excluding tert-OH is 1. The Hall–Kier alpha value is -2.75. The maximum Gasteiger partial charge on any atom is 0.141 e. The number of thiazole rings is 1. The van der Waals surface area contributed by atoms with Crippen molar-refractivity contribution < 1.29 is 9.84 Å². The van der Waals surface area contributed by atoms with Gasteiger partial charge < -0.3 is 15.2 Å². The van der Waals surface area contributed by atoms with Gasteiger partial charge in [0.05, 0.1) is 29.9 Å². The molecule has 1 saturated heterocycles. The van der Waals surface area contributed by atoms with Gasteiger partial charge in [0.2, 0.25) is 0 Å². The summed E-state index contributed by atoms with van der Waals surface area (Å²) >= 11 is 1.71. The average molecular weight is 465 g/mol. The molecule has 3 aromatic heterocycles. The summed E-state index contributed by atoms with van der Waals surface area (Å²) in [4.78, 5) is 6.52. The Bertz CT molecular complexity index is 1240. The van der Waals surface area contributed by atoms with Crippen molar-refractivity contribution in [3.8, 4) is 11.4 Å². The molecule has 2 aliphatic rings. The molecule has 0 amide bonds. The van der Waals surface area contributed by atoms with E-state index in [0.29, 0.717) is 17.5 Å². The van der Waals surface area contributed by atoms with Gasteiger partial charge in [0.1, 0.15) is 28.7 Å². The monoisotopic (exact) mass is 464 g/mol. The normalized spacial score (nSPS) is 20.7. The highest BCUT2D eigenvalue weighted by Crippen LogP contribution is 2.47. The zero-order valence-electron chi connectivity index (χ0n) is 18.6. The van der Waals surface area contributed by atoms with Gasteiger partial charge in [-0.3, -0.25) is 4.40 Å². The fraction of sp³-hybridized carbons (Fsp3) is 0.458. The fourth-order valence-electron chi connectivity index (χ4n) is 4.66. The summed E-state index contributed by atoms with van der Waals surface area (Å²) in [5.41, 5.74) is 2.28. The Kier molecular flexibility index (Phi) is 5.40. The third-order valence-electron chi connectivity index (χ3n) is 6.75. The third-order valence-corrected chi connectivity index (χ3v) is 8.03. The molecular formula is C24H28N6O2S. The van der Waals surface area contributed by atoms with E-state index >= 15 is 0 Å². The lowest BCUT2D eigenvalue weighted by molar-refractivity contribution is 0.131. The van der Waals surface area contributed by atoms with Crippen LogP contribution in [0.4, 0.5) is 0 Å². The summed E-state index contributed by atoms with van der Waals surface area (Å²) in [5.74, 6) is 1.93. The molecule has 2 N–H and O–H groups in total. The Balaban J connectivity index is 1.19. The van der Waals surface area contributed by atoms with Crippen LogP contribution in [-0.2, 0) is 0 Å². The molecule has 4 heterocycles. The first-order valence-corrected chi connectivity index (χ1v) is 12.5. The molecule has 0 radical (unpaired) electrons.